The average molecular weight is 455 g/mol. The highest BCUT2D eigenvalue weighted by molar-refractivity contribution is 5.68. The fraction of sp³-hybridized carbons (Fsp3) is 0.0690. The summed E-state index contributed by atoms with van der Waals surface area (Å²) in [5.74, 6) is 0.569. The highest BCUT2D eigenvalue weighted by Gasteiger charge is 2.17. The van der Waals surface area contributed by atoms with Crippen molar-refractivity contribution in [2.45, 2.75) is 12.3 Å². The van der Waals surface area contributed by atoms with E-state index in [0.717, 1.165) is 23.1 Å². The Bertz CT molecular complexity index is 1520. The van der Waals surface area contributed by atoms with E-state index >= 15 is 0 Å². The lowest BCUT2D eigenvalue weighted by atomic mass is 9.91. The van der Waals surface area contributed by atoms with E-state index in [9.17, 15) is 14.9 Å². The first-order chi connectivity index (χ1) is 17.2. The number of nitriles is 2. The molecule has 3 aromatic carbocycles. The quantitative estimate of drug-likeness (QED) is 0.358. The Labute approximate surface area is 202 Å². The summed E-state index contributed by atoms with van der Waals surface area (Å²) in [6.45, 7) is 0. The van der Waals surface area contributed by atoms with Gasteiger partial charge in [-0.05, 0) is 30.2 Å². The predicted molar refractivity (Wildman–Crippen MR) is 131 cm³/mol. The molecule has 4 aromatic rings. The maximum Gasteiger partial charge on any atom is 0.164 e. The molecule has 1 aromatic heterocycles. The van der Waals surface area contributed by atoms with Crippen LogP contribution in [0.4, 0.5) is 4.39 Å². The fourth-order valence-electron chi connectivity index (χ4n) is 4.00. The molecular weight excluding hydrogens is 437 g/mol. The second-order valence-corrected chi connectivity index (χ2v) is 8.06. The van der Waals surface area contributed by atoms with Crippen LogP contribution in [-0.2, 0) is 0 Å². The zero-order valence-electron chi connectivity index (χ0n) is 18.6. The summed E-state index contributed by atoms with van der Waals surface area (Å²) in [6.07, 6.45) is 9.31. The number of benzene rings is 3. The van der Waals surface area contributed by atoms with Gasteiger partial charge in [-0.15, -0.1) is 0 Å². The van der Waals surface area contributed by atoms with Gasteiger partial charge in [-0.3, -0.25) is 0 Å². The van der Waals surface area contributed by atoms with Crippen LogP contribution >= 0.6 is 0 Å². The van der Waals surface area contributed by atoms with Crippen LogP contribution in [0.2, 0.25) is 0 Å². The number of aromatic nitrogens is 3. The Kier molecular flexibility index (Phi) is 5.94. The average Bonchev–Trinajstić information content (AvgIpc) is 2.94. The molecule has 0 aliphatic heterocycles. The third kappa shape index (κ3) is 4.46. The number of hydrogen-bond donors (Lipinski definition) is 0. The van der Waals surface area contributed by atoms with Gasteiger partial charge in [0.25, 0.3) is 0 Å². The highest BCUT2D eigenvalue weighted by atomic mass is 19.1. The summed E-state index contributed by atoms with van der Waals surface area (Å²) >= 11 is 0. The minimum absolute atomic E-state index is 0.235. The van der Waals surface area contributed by atoms with Gasteiger partial charge in [-0.25, -0.2) is 19.3 Å². The molecule has 1 unspecified atom stereocenters. The zero-order valence-corrected chi connectivity index (χ0v) is 18.6. The van der Waals surface area contributed by atoms with Crippen molar-refractivity contribution in [1.29, 1.82) is 10.5 Å². The first kappa shape index (κ1) is 21.9. The van der Waals surface area contributed by atoms with Crippen LogP contribution in [0, 0.1) is 28.5 Å². The number of halogens is 1. The Morgan fingerprint density at radius 3 is 1.97 bits per heavy atom. The van der Waals surface area contributed by atoms with E-state index in [-0.39, 0.29) is 22.9 Å². The summed E-state index contributed by atoms with van der Waals surface area (Å²) in [7, 11) is 0. The largest absolute Gasteiger partial charge is 0.208 e. The summed E-state index contributed by atoms with van der Waals surface area (Å²) in [5, 5.41) is 18.7. The lowest BCUT2D eigenvalue weighted by molar-refractivity contribution is 0.620. The summed E-state index contributed by atoms with van der Waals surface area (Å²) in [6, 6.07) is 23.9. The van der Waals surface area contributed by atoms with Gasteiger partial charge < -0.3 is 0 Å². The van der Waals surface area contributed by atoms with Gasteiger partial charge in [-0.2, -0.15) is 10.5 Å². The zero-order chi connectivity index (χ0) is 24.2. The lowest BCUT2D eigenvalue weighted by Crippen LogP contribution is -2.02. The number of allylic oxidation sites excluding steroid dienone is 4. The van der Waals surface area contributed by atoms with Gasteiger partial charge in [0.1, 0.15) is 12.1 Å². The molecule has 1 aliphatic carbocycles. The van der Waals surface area contributed by atoms with Crippen LogP contribution in [0.5, 0.6) is 0 Å². The molecule has 0 spiro atoms. The summed E-state index contributed by atoms with van der Waals surface area (Å²) in [4.78, 5) is 14.0. The molecule has 0 amide bonds. The van der Waals surface area contributed by atoms with E-state index in [1.807, 2.05) is 66.8 Å². The number of hydrogen-bond acceptors (Lipinski definition) is 5. The SMILES string of the molecule is N#Cc1cc(-c2nc(-c3ccccc3)nc(-c3cccc(C4C=CC=CC4)c3)n2)cc(C#N)c1F. The van der Waals surface area contributed by atoms with Crippen molar-refractivity contribution < 1.29 is 4.39 Å². The van der Waals surface area contributed by atoms with Crippen molar-refractivity contribution in [3.05, 3.63) is 114 Å². The van der Waals surface area contributed by atoms with Crippen molar-refractivity contribution in [2.75, 3.05) is 0 Å². The summed E-state index contributed by atoms with van der Waals surface area (Å²) < 4.78 is 14.4. The van der Waals surface area contributed by atoms with Gasteiger partial charge in [0, 0.05) is 22.6 Å². The monoisotopic (exact) mass is 455 g/mol. The van der Waals surface area contributed by atoms with E-state index in [1.165, 1.54) is 12.1 Å². The first-order valence-corrected chi connectivity index (χ1v) is 11.1. The van der Waals surface area contributed by atoms with Gasteiger partial charge >= 0.3 is 0 Å². The molecule has 0 radical (unpaired) electrons. The Balaban J connectivity index is 1.68. The molecule has 1 heterocycles. The van der Waals surface area contributed by atoms with Crippen LogP contribution in [0.15, 0.2) is 91.0 Å². The third-order valence-electron chi connectivity index (χ3n) is 5.79. The molecule has 1 atom stereocenters. The standard InChI is InChI=1S/C29H18FN5/c30-26-24(17-31)15-23(16-25(26)18-32)29-34-27(20-10-5-2-6-11-20)33-28(35-29)22-13-7-12-21(14-22)19-8-3-1-4-9-19/h1-8,10-16,19H,9H2. The van der Waals surface area contributed by atoms with Gasteiger partial charge in [-0.1, -0.05) is 72.8 Å². The van der Waals surface area contributed by atoms with Gasteiger partial charge in [0.15, 0.2) is 23.3 Å². The van der Waals surface area contributed by atoms with Crippen molar-refractivity contribution in [3.8, 4) is 46.3 Å². The molecule has 1 aliphatic rings. The van der Waals surface area contributed by atoms with Crippen LogP contribution in [0.3, 0.4) is 0 Å². The first-order valence-electron chi connectivity index (χ1n) is 11.1. The lowest BCUT2D eigenvalue weighted by Gasteiger charge is -2.15. The molecule has 166 valence electrons. The van der Waals surface area contributed by atoms with Crippen LogP contribution in [0.1, 0.15) is 29.0 Å². The molecule has 0 fully saturated rings. The summed E-state index contributed by atoms with van der Waals surface area (Å²) in [5.41, 5.74) is 2.65. The van der Waals surface area contributed by atoms with Gasteiger partial charge in [0.05, 0.1) is 11.1 Å². The fourth-order valence-corrected chi connectivity index (χ4v) is 4.00. The molecule has 5 nitrogen and oxygen atoms in total. The highest BCUT2D eigenvalue weighted by Crippen LogP contribution is 2.30. The predicted octanol–water partition coefficient (Wildman–Crippen LogP) is 6.35. The number of rotatable bonds is 4. The number of nitrogens with zero attached hydrogens (tertiary/aromatic N) is 5. The van der Waals surface area contributed by atoms with Crippen molar-refractivity contribution in [1.82, 2.24) is 15.0 Å². The molecule has 0 saturated heterocycles. The van der Waals surface area contributed by atoms with Crippen molar-refractivity contribution >= 4 is 0 Å². The van der Waals surface area contributed by atoms with Gasteiger partial charge in [0.2, 0.25) is 0 Å². The normalized spacial score (nSPS) is 14.3. The van der Waals surface area contributed by atoms with Crippen molar-refractivity contribution in [2.24, 2.45) is 0 Å². The minimum atomic E-state index is -0.849. The van der Waals surface area contributed by atoms with E-state index in [2.05, 4.69) is 34.3 Å². The molecule has 35 heavy (non-hydrogen) atoms. The van der Waals surface area contributed by atoms with E-state index in [1.54, 1.807) is 0 Å². The molecule has 5 rings (SSSR count). The molecule has 0 N–H and O–H groups in total. The maximum absolute atomic E-state index is 14.4. The molecule has 0 saturated carbocycles. The molecular formula is C29H18FN5. The van der Waals surface area contributed by atoms with E-state index < -0.39 is 5.82 Å². The van der Waals surface area contributed by atoms with E-state index in [4.69, 9.17) is 4.98 Å². The van der Waals surface area contributed by atoms with Crippen LogP contribution < -0.4 is 0 Å². The topological polar surface area (TPSA) is 86.2 Å². The van der Waals surface area contributed by atoms with Crippen molar-refractivity contribution in [3.63, 3.8) is 0 Å². The molecule has 6 heteroatoms. The minimum Gasteiger partial charge on any atom is -0.208 e. The third-order valence-corrected chi connectivity index (χ3v) is 5.79. The Morgan fingerprint density at radius 1 is 0.714 bits per heavy atom. The smallest absolute Gasteiger partial charge is 0.164 e. The maximum atomic E-state index is 14.4. The Hall–Kier alpha value is -4.94. The molecule has 0 bridgehead atoms. The second-order valence-electron chi connectivity index (χ2n) is 8.06. The second kappa shape index (κ2) is 9.51. The van der Waals surface area contributed by atoms with Crippen LogP contribution in [0.25, 0.3) is 34.2 Å². The van der Waals surface area contributed by atoms with Crippen LogP contribution in [-0.4, -0.2) is 15.0 Å². The Morgan fingerprint density at radius 2 is 1.34 bits per heavy atom. The van der Waals surface area contributed by atoms with E-state index in [0.29, 0.717) is 17.2 Å².